The fraction of sp³-hybridized carbons (Fsp3) is 0.217. The van der Waals surface area contributed by atoms with Gasteiger partial charge in [0.1, 0.15) is 6.33 Å². The fourth-order valence-electron chi connectivity index (χ4n) is 4.14. The summed E-state index contributed by atoms with van der Waals surface area (Å²) in [7, 11) is -3.73. The van der Waals surface area contributed by atoms with Gasteiger partial charge in [-0.2, -0.15) is 4.31 Å². The highest BCUT2D eigenvalue weighted by atomic mass is 32.2. The van der Waals surface area contributed by atoms with E-state index < -0.39 is 15.9 Å². The molecule has 0 radical (unpaired) electrons. The predicted molar refractivity (Wildman–Crippen MR) is 123 cm³/mol. The second kappa shape index (κ2) is 8.72. The second-order valence-corrected chi connectivity index (χ2v) is 9.90. The van der Waals surface area contributed by atoms with Gasteiger partial charge in [0.2, 0.25) is 15.9 Å². The molecule has 1 amide bonds. The summed E-state index contributed by atoms with van der Waals surface area (Å²) in [5.41, 5.74) is 1.39. The summed E-state index contributed by atoms with van der Waals surface area (Å²) in [6, 6.07) is 20.0. The molecule has 10 heteroatoms. The molecule has 1 aliphatic rings. The number of piperidine rings is 1. The Kier molecular flexibility index (Phi) is 5.61. The van der Waals surface area contributed by atoms with Gasteiger partial charge in [-0.1, -0.05) is 36.4 Å². The average molecular weight is 463 g/mol. The van der Waals surface area contributed by atoms with E-state index in [0.717, 1.165) is 16.5 Å². The average Bonchev–Trinajstić information content (AvgIpc) is 3.40. The summed E-state index contributed by atoms with van der Waals surface area (Å²) in [4.78, 5) is 13.2. The number of hydrogen-bond acceptors (Lipinski definition) is 6. The van der Waals surface area contributed by atoms with E-state index in [0.29, 0.717) is 25.1 Å². The zero-order chi connectivity index (χ0) is 22.8. The highest BCUT2D eigenvalue weighted by Gasteiger charge is 2.33. The van der Waals surface area contributed by atoms with Crippen LogP contribution in [0.15, 0.2) is 78.0 Å². The van der Waals surface area contributed by atoms with Crippen molar-refractivity contribution in [1.29, 1.82) is 0 Å². The second-order valence-electron chi connectivity index (χ2n) is 7.97. The minimum absolute atomic E-state index is 0.147. The number of nitrogens with zero attached hydrogens (tertiary/aromatic N) is 5. The van der Waals surface area contributed by atoms with E-state index in [4.69, 9.17) is 0 Å². The minimum atomic E-state index is -3.73. The summed E-state index contributed by atoms with van der Waals surface area (Å²) in [6.45, 7) is 0.531. The maximum Gasteiger partial charge on any atom is 0.243 e. The first-order valence-electron chi connectivity index (χ1n) is 10.6. The molecule has 4 aromatic rings. The zero-order valence-electron chi connectivity index (χ0n) is 17.7. The van der Waals surface area contributed by atoms with Crippen LogP contribution in [-0.4, -0.2) is 51.9 Å². The van der Waals surface area contributed by atoms with Gasteiger partial charge in [0.25, 0.3) is 0 Å². The van der Waals surface area contributed by atoms with Gasteiger partial charge in [-0.05, 0) is 59.0 Å². The number of anilines is 1. The molecule has 0 unspecified atom stereocenters. The predicted octanol–water partition coefficient (Wildman–Crippen LogP) is 2.85. The van der Waals surface area contributed by atoms with E-state index >= 15 is 0 Å². The van der Waals surface area contributed by atoms with Crippen molar-refractivity contribution in [3.8, 4) is 5.69 Å². The Hall–Kier alpha value is -3.63. The van der Waals surface area contributed by atoms with Crippen LogP contribution in [-0.2, 0) is 14.8 Å². The van der Waals surface area contributed by atoms with Crippen molar-refractivity contribution in [3.05, 3.63) is 73.1 Å². The number of nitrogens with one attached hydrogen (secondary N) is 1. The molecule has 3 aromatic carbocycles. The number of sulfonamides is 1. The maximum atomic E-state index is 13.2. The number of aromatic nitrogens is 4. The molecule has 0 spiro atoms. The molecular weight excluding hydrogens is 440 g/mol. The third-order valence-electron chi connectivity index (χ3n) is 5.89. The van der Waals surface area contributed by atoms with Crippen molar-refractivity contribution in [2.75, 3.05) is 18.4 Å². The van der Waals surface area contributed by atoms with E-state index in [1.807, 2.05) is 42.5 Å². The normalized spacial score (nSPS) is 17.2. The molecule has 5 rings (SSSR count). The van der Waals surface area contributed by atoms with Crippen LogP contribution in [0.25, 0.3) is 16.5 Å². The van der Waals surface area contributed by atoms with Gasteiger partial charge < -0.3 is 5.32 Å². The lowest BCUT2D eigenvalue weighted by Crippen LogP contribution is -2.43. The van der Waals surface area contributed by atoms with Crippen molar-refractivity contribution in [3.63, 3.8) is 0 Å². The molecule has 2 heterocycles. The van der Waals surface area contributed by atoms with Crippen LogP contribution in [0.3, 0.4) is 0 Å². The first-order chi connectivity index (χ1) is 16.0. The topological polar surface area (TPSA) is 110 Å². The number of tetrazole rings is 1. The van der Waals surface area contributed by atoms with Gasteiger partial charge >= 0.3 is 0 Å². The maximum absolute atomic E-state index is 13.2. The molecule has 1 saturated heterocycles. The van der Waals surface area contributed by atoms with Crippen LogP contribution in [0.4, 0.5) is 5.69 Å². The number of amides is 1. The molecule has 1 atom stereocenters. The van der Waals surface area contributed by atoms with Gasteiger partial charge in [0.05, 0.1) is 16.5 Å². The van der Waals surface area contributed by atoms with Crippen molar-refractivity contribution < 1.29 is 13.2 Å². The van der Waals surface area contributed by atoms with E-state index in [1.165, 1.54) is 27.4 Å². The first-order valence-corrected chi connectivity index (χ1v) is 12.1. The molecule has 1 fully saturated rings. The van der Waals surface area contributed by atoms with Gasteiger partial charge in [-0.3, -0.25) is 4.79 Å². The van der Waals surface area contributed by atoms with Gasteiger partial charge in [0.15, 0.2) is 0 Å². The third kappa shape index (κ3) is 4.22. The molecule has 1 N–H and O–H groups in total. The van der Waals surface area contributed by atoms with Gasteiger partial charge in [-0.25, -0.2) is 13.1 Å². The lowest BCUT2D eigenvalue weighted by atomic mass is 9.98. The first kappa shape index (κ1) is 21.2. The fourth-order valence-corrected chi connectivity index (χ4v) is 5.67. The van der Waals surface area contributed by atoms with Crippen molar-refractivity contribution >= 4 is 32.4 Å². The molecule has 1 aliphatic heterocycles. The largest absolute Gasteiger partial charge is 0.325 e. The number of carbonyl (C=O) groups excluding carboxylic acids is 1. The van der Waals surface area contributed by atoms with E-state index in [-0.39, 0.29) is 17.3 Å². The highest BCUT2D eigenvalue weighted by molar-refractivity contribution is 7.89. The molecule has 0 aliphatic carbocycles. The lowest BCUT2D eigenvalue weighted by molar-refractivity contribution is -0.120. The third-order valence-corrected chi connectivity index (χ3v) is 7.77. The van der Waals surface area contributed by atoms with E-state index in [1.54, 1.807) is 12.1 Å². The smallest absolute Gasteiger partial charge is 0.243 e. The molecule has 0 saturated carbocycles. The number of rotatable bonds is 5. The van der Waals surface area contributed by atoms with Crippen molar-refractivity contribution in [2.45, 2.75) is 17.7 Å². The summed E-state index contributed by atoms with van der Waals surface area (Å²) in [5.74, 6) is -0.590. The number of carbonyl (C=O) groups is 1. The van der Waals surface area contributed by atoms with Crippen LogP contribution >= 0.6 is 0 Å². The molecule has 168 valence electrons. The van der Waals surface area contributed by atoms with Crippen LogP contribution in [0.5, 0.6) is 0 Å². The highest BCUT2D eigenvalue weighted by Crippen LogP contribution is 2.27. The Labute approximate surface area is 191 Å². The van der Waals surface area contributed by atoms with Gasteiger partial charge in [-0.15, -0.1) is 5.10 Å². The molecule has 33 heavy (non-hydrogen) atoms. The zero-order valence-corrected chi connectivity index (χ0v) is 18.5. The monoisotopic (exact) mass is 462 g/mol. The Morgan fingerprint density at radius 1 is 1.00 bits per heavy atom. The molecule has 0 bridgehead atoms. The summed E-state index contributed by atoms with van der Waals surface area (Å²) < 4.78 is 29.3. The van der Waals surface area contributed by atoms with Crippen LogP contribution in [0, 0.1) is 5.92 Å². The quantitative estimate of drug-likeness (QED) is 0.488. The van der Waals surface area contributed by atoms with Crippen LogP contribution in [0.1, 0.15) is 12.8 Å². The number of benzene rings is 3. The Bertz CT molecular complexity index is 1380. The SMILES string of the molecule is O=C(Nc1cccc2ccccc12)[C@H]1CCCN(S(=O)(=O)c2ccc(-n3cnnn3)cc2)C1. The minimum Gasteiger partial charge on any atom is -0.325 e. The number of hydrogen-bond donors (Lipinski definition) is 1. The lowest BCUT2D eigenvalue weighted by Gasteiger charge is -2.31. The summed E-state index contributed by atoms with van der Waals surface area (Å²) in [6.07, 6.45) is 2.70. The summed E-state index contributed by atoms with van der Waals surface area (Å²) in [5, 5.41) is 16.0. The van der Waals surface area contributed by atoms with Gasteiger partial charge in [0, 0.05) is 24.2 Å². The molecular formula is C23H22N6O3S. The van der Waals surface area contributed by atoms with Crippen LogP contribution in [0.2, 0.25) is 0 Å². The molecule has 1 aromatic heterocycles. The summed E-state index contributed by atoms with van der Waals surface area (Å²) >= 11 is 0. The van der Waals surface area contributed by atoms with Crippen molar-refractivity contribution in [2.24, 2.45) is 5.92 Å². The molecule has 9 nitrogen and oxygen atoms in total. The number of fused-ring (bicyclic) bond motifs is 1. The van der Waals surface area contributed by atoms with Crippen LogP contribution < -0.4 is 5.32 Å². The standard InChI is InChI=1S/C23H22N6O3S/c30-23(25-22-9-3-6-17-5-1-2-8-21(17)22)18-7-4-14-28(15-18)33(31,32)20-12-10-19(11-13-20)29-16-24-26-27-29/h1-3,5-6,8-13,16,18H,4,7,14-15H2,(H,25,30)/t18-/m0/s1. The van der Waals surface area contributed by atoms with E-state index in [2.05, 4.69) is 20.8 Å². The van der Waals surface area contributed by atoms with E-state index in [9.17, 15) is 13.2 Å². The van der Waals surface area contributed by atoms with Crippen molar-refractivity contribution in [1.82, 2.24) is 24.5 Å². The Balaban J connectivity index is 1.32. The Morgan fingerprint density at radius 2 is 1.79 bits per heavy atom. The Morgan fingerprint density at radius 3 is 2.58 bits per heavy atom.